The molecule has 0 unspecified atom stereocenters. The standard InChI is InChI=1S/C47H93NO5/c1-5-9-21-30-43(31-22-10-6-2)40-46(49)52-38-27-19-15-13-17-25-34-45(42-51-37-29-36-48)35-26-18-14-16-20-28-39-53-47(50)41-44(32-23-11-7-3)33-24-12-8-4/h43-45H,5-42,48H2,1-4H3. The molecule has 0 aliphatic rings. The van der Waals surface area contributed by atoms with Gasteiger partial charge in [0, 0.05) is 26.1 Å². The minimum atomic E-state index is 0.0232. The van der Waals surface area contributed by atoms with Gasteiger partial charge in [0.15, 0.2) is 0 Å². The normalized spacial score (nSPS) is 11.7. The van der Waals surface area contributed by atoms with Gasteiger partial charge in [0.25, 0.3) is 0 Å². The monoisotopic (exact) mass is 752 g/mol. The lowest BCUT2D eigenvalue weighted by molar-refractivity contribution is -0.146. The summed E-state index contributed by atoms with van der Waals surface area (Å²) < 4.78 is 17.3. The summed E-state index contributed by atoms with van der Waals surface area (Å²) in [6.07, 6.45) is 38.7. The average molecular weight is 752 g/mol. The Labute approximate surface area is 331 Å². The summed E-state index contributed by atoms with van der Waals surface area (Å²) in [5.41, 5.74) is 5.68. The van der Waals surface area contributed by atoms with Crippen LogP contribution in [0, 0.1) is 17.8 Å². The van der Waals surface area contributed by atoms with E-state index in [0.29, 0.717) is 50.4 Å². The molecule has 0 spiro atoms. The summed E-state index contributed by atoms with van der Waals surface area (Å²) >= 11 is 0. The van der Waals surface area contributed by atoms with E-state index >= 15 is 0 Å². The molecule has 0 saturated heterocycles. The second-order valence-corrected chi connectivity index (χ2v) is 16.5. The Balaban J connectivity index is 4.09. The Hall–Kier alpha value is -1.14. The van der Waals surface area contributed by atoms with Gasteiger partial charge < -0.3 is 19.9 Å². The van der Waals surface area contributed by atoms with Crippen LogP contribution in [0.25, 0.3) is 0 Å². The molecule has 0 amide bonds. The number of carbonyl (C=O) groups excluding carboxylic acids is 2. The maximum atomic E-state index is 12.5. The molecule has 0 fully saturated rings. The molecule has 2 N–H and O–H groups in total. The van der Waals surface area contributed by atoms with Crippen LogP contribution in [0.3, 0.4) is 0 Å². The van der Waals surface area contributed by atoms with Gasteiger partial charge in [0.2, 0.25) is 0 Å². The van der Waals surface area contributed by atoms with E-state index in [1.54, 1.807) is 0 Å². The third-order valence-electron chi connectivity index (χ3n) is 11.2. The van der Waals surface area contributed by atoms with Crippen molar-refractivity contribution in [2.75, 3.05) is 33.0 Å². The average Bonchev–Trinajstić information content (AvgIpc) is 3.14. The predicted molar refractivity (Wildman–Crippen MR) is 227 cm³/mol. The number of carbonyl (C=O) groups is 2. The lowest BCUT2D eigenvalue weighted by atomic mass is 9.92. The third kappa shape index (κ3) is 37.6. The Morgan fingerprint density at radius 3 is 1.08 bits per heavy atom. The molecule has 0 aromatic carbocycles. The molecule has 0 radical (unpaired) electrons. The maximum absolute atomic E-state index is 12.5. The van der Waals surface area contributed by atoms with Crippen LogP contribution in [0.15, 0.2) is 0 Å². The van der Waals surface area contributed by atoms with Gasteiger partial charge >= 0.3 is 11.9 Å². The Kier molecular flexibility index (Phi) is 41.1. The lowest BCUT2D eigenvalue weighted by Gasteiger charge is -2.17. The van der Waals surface area contributed by atoms with E-state index in [9.17, 15) is 9.59 Å². The van der Waals surface area contributed by atoms with Crippen molar-refractivity contribution in [2.45, 2.75) is 240 Å². The molecule has 0 bridgehead atoms. The minimum absolute atomic E-state index is 0.0232. The van der Waals surface area contributed by atoms with Crippen molar-refractivity contribution < 1.29 is 23.8 Å². The zero-order valence-electron chi connectivity index (χ0n) is 36.2. The van der Waals surface area contributed by atoms with Gasteiger partial charge in [-0.15, -0.1) is 0 Å². The molecule has 0 saturated carbocycles. The molecule has 0 atom stereocenters. The van der Waals surface area contributed by atoms with Crippen molar-refractivity contribution in [3.05, 3.63) is 0 Å². The third-order valence-corrected chi connectivity index (χ3v) is 11.2. The molecule has 0 aromatic heterocycles. The lowest BCUT2D eigenvalue weighted by Crippen LogP contribution is -2.13. The van der Waals surface area contributed by atoms with Crippen molar-refractivity contribution in [1.29, 1.82) is 0 Å². The molecule has 0 aromatic rings. The van der Waals surface area contributed by atoms with Crippen LogP contribution in [0.1, 0.15) is 240 Å². The van der Waals surface area contributed by atoms with Crippen LogP contribution in [0.4, 0.5) is 0 Å². The first-order chi connectivity index (χ1) is 26.0. The number of unbranched alkanes of at least 4 members (excludes halogenated alkanes) is 18. The highest BCUT2D eigenvalue weighted by Crippen LogP contribution is 2.24. The van der Waals surface area contributed by atoms with E-state index in [1.165, 1.54) is 167 Å². The van der Waals surface area contributed by atoms with Crippen molar-refractivity contribution in [2.24, 2.45) is 23.5 Å². The first kappa shape index (κ1) is 51.9. The number of hydrogen-bond donors (Lipinski definition) is 1. The summed E-state index contributed by atoms with van der Waals surface area (Å²) in [6, 6.07) is 0. The van der Waals surface area contributed by atoms with E-state index in [2.05, 4.69) is 27.7 Å². The Morgan fingerprint density at radius 2 is 0.717 bits per heavy atom. The highest BCUT2D eigenvalue weighted by molar-refractivity contribution is 5.70. The number of esters is 2. The second kappa shape index (κ2) is 42.0. The van der Waals surface area contributed by atoms with Crippen LogP contribution in [0.5, 0.6) is 0 Å². The van der Waals surface area contributed by atoms with E-state index in [-0.39, 0.29) is 11.9 Å². The zero-order valence-corrected chi connectivity index (χ0v) is 36.2. The zero-order chi connectivity index (χ0) is 38.9. The van der Waals surface area contributed by atoms with E-state index in [1.807, 2.05) is 0 Å². The molecular formula is C47H93NO5. The van der Waals surface area contributed by atoms with Crippen molar-refractivity contribution in [3.63, 3.8) is 0 Å². The highest BCUT2D eigenvalue weighted by Gasteiger charge is 2.16. The van der Waals surface area contributed by atoms with Gasteiger partial charge in [0.1, 0.15) is 0 Å². The highest BCUT2D eigenvalue weighted by atomic mass is 16.5. The SMILES string of the molecule is CCCCCC(CCCCC)CC(=O)OCCCCCCCCC(CCCCCCCCOC(=O)CC(CCCCC)CCCCC)COCCCN. The van der Waals surface area contributed by atoms with Crippen molar-refractivity contribution in [1.82, 2.24) is 0 Å². The maximum Gasteiger partial charge on any atom is 0.306 e. The van der Waals surface area contributed by atoms with Gasteiger partial charge in [-0.1, -0.05) is 169 Å². The molecular weight excluding hydrogens is 659 g/mol. The number of ether oxygens (including phenoxy) is 3. The van der Waals surface area contributed by atoms with Crippen LogP contribution in [-0.4, -0.2) is 44.9 Å². The van der Waals surface area contributed by atoms with Gasteiger partial charge in [-0.25, -0.2) is 0 Å². The van der Waals surface area contributed by atoms with Crippen LogP contribution in [-0.2, 0) is 23.8 Å². The minimum Gasteiger partial charge on any atom is -0.466 e. The fourth-order valence-electron chi connectivity index (χ4n) is 7.62. The van der Waals surface area contributed by atoms with E-state index in [4.69, 9.17) is 19.9 Å². The van der Waals surface area contributed by atoms with Gasteiger partial charge in [0.05, 0.1) is 13.2 Å². The molecule has 316 valence electrons. The Bertz CT molecular complexity index is 685. The fraction of sp³-hybridized carbons (Fsp3) is 0.957. The second-order valence-electron chi connectivity index (χ2n) is 16.5. The van der Waals surface area contributed by atoms with Gasteiger partial charge in [-0.05, 0) is 82.1 Å². The summed E-state index contributed by atoms with van der Waals surface area (Å²) in [4.78, 5) is 25.0. The van der Waals surface area contributed by atoms with Crippen LogP contribution < -0.4 is 5.73 Å². The molecule has 0 aliphatic heterocycles. The predicted octanol–water partition coefficient (Wildman–Crippen LogP) is 13.8. The van der Waals surface area contributed by atoms with Crippen LogP contribution in [0.2, 0.25) is 0 Å². The number of rotatable bonds is 43. The van der Waals surface area contributed by atoms with Crippen molar-refractivity contribution >= 4 is 11.9 Å². The van der Waals surface area contributed by atoms with Gasteiger partial charge in [-0.2, -0.15) is 0 Å². The summed E-state index contributed by atoms with van der Waals surface area (Å²) in [5, 5.41) is 0. The first-order valence-corrected chi connectivity index (χ1v) is 23.6. The number of nitrogens with two attached hydrogens (primary N) is 1. The molecule has 0 rings (SSSR count). The first-order valence-electron chi connectivity index (χ1n) is 23.6. The largest absolute Gasteiger partial charge is 0.466 e. The molecule has 53 heavy (non-hydrogen) atoms. The topological polar surface area (TPSA) is 87.8 Å². The molecule has 6 heteroatoms. The summed E-state index contributed by atoms with van der Waals surface area (Å²) in [6.45, 7) is 12.5. The quantitative estimate of drug-likeness (QED) is 0.0493. The molecule has 0 heterocycles. The number of hydrogen-bond acceptors (Lipinski definition) is 6. The molecule has 0 aliphatic carbocycles. The van der Waals surface area contributed by atoms with E-state index < -0.39 is 0 Å². The summed E-state index contributed by atoms with van der Waals surface area (Å²) in [5.74, 6) is 1.71. The van der Waals surface area contributed by atoms with Crippen LogP contribution >= 0.6 is 0 Å². The smallest absolute Gasteiger partial charge is 0.306 e. The fourth-order valence-corrected chi connectivity index (χ4v) is 7.62. The van der Waals surface area contributed by atoms with Gasteiger partial charge in [-0.3, -0.25) is 9.59 Å². The summed E-state index contributed by atoms with van der Waals surface area (Å²) in [7, 11) is 0. The Morgan fingerprint density at radius 1 is 0.396 bits per heavy atom. The van der Waals surface area contributed by atoms with E-state index in [0.717, 1.165) is 45.3 Å². The van der Waals surface area contributed by atoms with Crippen molar-refractivity contribution in [3.8, 4) is 0 Å². The molecule has 6 nitrogen and oxygen atoms in total.